The molecule has 1 unspecified atom stereocenters. The molecule has 28 heavy (non-hydrogen) atoms. The van der Waals surface area contributed by atoms with E-state index in [1.807, 2.05) is 25.1 Å². The first-order valence-electron chi connectivity index (χ1n) is 9.62. The molecule has 1 N–H and O–H groups in total. The number of sulfone groups is 1. The van der Waals surface area contributed by atoms with E-state index in [1.165, 1.54) is 5.56 Å². The summed E-state index contributed by atoms with van der Waals surface area (Å²) in [4.78, 5) is 6.79. The van der Waals surface area contributed by atoms with Gasteiger partial charge in [-0.15, -0.1) is 24.0 Å². The molecule has 1 atom stereocenters. The van der Waals surface area contributed by atoms with Gasteiger partial charge in [-0.25, -0.2) is 8.42 Å². The Balaban J connectivity index is 0.00000392. The highest BCUT2D eigenvalue weighted by molar-refractivity contribution is 14.0. The number of hydrogen-bond donors (Lipinski definition) is 1. The molecule has 1 aliphatic rings. The highest BCUT2D eigenvalue weighted by Crippen LogP contribution is 2.23. The maximum Gasteiger partial charge on any atom is 0.194 e. The molecule has 0 spiro atoms. The van der Waals surface area contributed by atoms with Gasteiger partial charge in [0.2, 0.25) is 0 Å². The maximum absolute atomic E-state index is 12.2. The van der Waals surface area contributed by atoms with Crippen LogP contribution in [-0.4, -0.2) is 62.6 Å². The van der Waals surface area contributed by atoms with Crippen LogP contribution >= 0.6 is 24.0 Å². The van der Waals surface area contributed by atoms with Crippen LogP contribution in [0.2, 0.25) is 0 Å². The molecule has 1 heterocycles. The topological polar surface area (TPSA) is 71.0 Å². The molecule has 0 aromatic heterocycles. The number of benzene rings is 1. The van der Waals surface area contributed by atoms with E-state index in [2.05, 4.69) is 29.3 Å². The smallest absolute Gasteiger partial charge is 0.194 e. The summed E-state index contributed by atoms with van der Waals surface area (Å²) >= 11 is 0. The summed E-state index contributed by atoms with van der Waals surface area (Å²) in [7, 11) is -3.06. The van der Waals surface area contributed by atoms with Crippen LogP contribution in [0.15, 0.2) is 35.3 Å². The number of halogens is 1. The molecular formula is C20H34IN3O3S. The van der Waals surface area contributed by atoms with Gasteiger partial charge < -0.3 is 15.0 Å². The lowest BCUT2D eigenvalue weighted by Gasteiger charge is -2.39. The summed E-state index contributed by atoms with van der Waals surface area (Å²) < 4.78 is 29.5. The fraction of sp³-hybridized carbons (Fsp3) is 0.650. The normalized spacial score (nSPS) is 19.6. The quantitative estimate of drug-likeness (QED) is 0.338. The van der Waals surface area contributed by atoms with Gasteiger partial charge in [-0.05, 0) is 32.3 Å². The average molecular weight is 523 g/mol. The van der Waals surface area contributed by atoms with E-state index in [9.17, 15) is 8.42 Å². The molecule has 1 aromatic rings. The predicted molar refractivity (Wildman–Crippen MR) is 126 cm³/mol. The third-order valence-corrected chi connectivity index (χ3v) is 7.28. The highest BCUT2D eigenvalue weighted by Gasteiger charge is 2.40. The van der Waals surface area contributed by atoms with Crippen molar-refractivity contribution in [3.05, 3.63) is 35.9 Å². The second-order valence-electron chi connectivity index (χ2n) is 7.80. The SMILES string of the molecule is CCNC(=NCC(C)COCc1ccccc1)N1CCS(=O)(=O)C(C)(C)C1.I. The van der Waals surface area contributed by atoms with Crippen LogP contribution in [0.25, 0.3) is 0 Å². The molecule has 1 fully saturated rings. The van der Waals surface area contributed by atoms with Crippen molar-refractivity contribution in [2.24, 2.45) is 10.9 Å². The Morgan fingerprint density at radius 2 is 2.00 bits per heavy atom. The van der Waals surface area contributed by atoms with E-state index in [-0.39, 0.29) is 35.6 Å². The zero-order valence-electron chi connectivity index (χ0n) is 17.3. The number of rotatable bonds is 7. The summed E-state index contributed by atoms with van der Waals surface area (Å²) in [6.45, 7) is 11.3. The van der Waals surface area contributed by atoms with Crippen LogP contribution < -0.4 is 5.32 Å². The molecule has 0 radical (unpaired) electrons. The van der Waals surface area contributed by atoms with Gasteiger partial charge >= 0.3 is 0 Å². The minimum atomic E-state index is -3.06. The summed E-state index contributed by atoms with van der Waals surface area (Å²) in [5.41, 5.74) is 1.17. The molecule has 1 aliphatic heterocycles. The Labute approximate surface area is 187 Å². The molecule has 0 aliphatic carbocycles. The molecule has 0 amide bonds. The van der Waals surface area contributed by atoms with Crippen molar-refractivity contribution < 1.29 is 13.2 Å². The Morgan fingerprint density at radius 1 is 1.32 bits per heavy atom. The van der Waals surface area contributed by atoms with E-state index in [0.29, 0.717) is 32.8 Å². The molecule has 2 rings (SSSR count). The molecule has 1 saturated heterocycles. The van der Waals surface area contributed by atoms with Crippen molar-refractivity contribution in [2.75, 3.05) is 38.5 Å². The number of ether oxygens (including phenoxy) is 1. The fourth-order valence-corrected chi connectivity index (χ4v) is 4.36. The number of hydrogen-bond acceptors (Lipinski definition) is 4. The number of guanidine groups is 1. The largest absolute Gasteiger partial charge is 0.376 e. The standard InChI is InChI=1S/C20H33N3O3S.HI/c1-5-21-19(23-11-12-27(24,25)20(3,4)16-23)22-13-17(2)14-26-15-18-9-7-6-8-10-18;/h6-10,17H,5,11-16H2,1-4H3,(H,21,22);1H. The lowest BCUT2D eigenvalue weighted by atomic mass is 10.2. The Kier molecular flexibility index (Phi) is 10.2. The van der Waals surface area contributed by atoms with E-state index in [0.717, 1.165) is 12.5 Å². The van der Waals surface area contributed by atoms with Crippen LogP contribution in [0, 0.1) is 5.92 Å². The first-order valence-corrected chi connectivity index (χ1v) is 11.3. The van der Waals surface area contributed by atoms with Crippen LogP contribution in [0.4, 0.5) is 0 Å². The van der Waals surface area contributed by atoms with Gasteiger partial charge in [-0.1, -0.05) is 37.3 Å². The van der Waals surface area contributed by atoms with E-state index < -0.39 is 14.6 Å². The van der Waals surface area contributed by atoms with E-state index >= 15 is 0 Å². The van der Waals surface area contributed by atoms with Crippen LogP contribution in [0.5, 0.6) is 0 Å². The third-order valence-electron chi connectivity index (χ3n) is 4.74. The minimum Gasteiger partial charge on any atom is -0.376 e. The zero-order chi connectivity index (χ0) is 19.9. The van der Waals surface area contributed by atoms with Crippen LogP contribution in [0.1, 0.15) is 33.3 Å². The van der Waals surface area contributed by atoms with Crippen molar-refractivity contribution in [2.45, 2.75) is 39.0 Å². The molecule has 0 saturated carbocycles. The first kappa shape index (κ1) is 25.2. The molecule has 6 nitrogen and oxygen atoms in total. The lowest BCUT2D eigenvalue weighted by molar-refractivity contribution is 0.0944. The summed E-state index contributed by atoms with van der Waals surface area (Å²) in [6, 6.07) is 10.1. The van der Waals surface area contributed by atoms with Gasteiger partial charge in [0.1, 0.15) is 0 Å². The summed E-state index contributed by atoms with van der Waals surface area (Å²) in [6.07, 6.45) is 0. The number of aliphatic imine (C=N–C) groups is 1. The molecular weight excluding hydrogens is 489 g/mol. The van der Waals surface area contributed by atoms with Gasteiger partial charge in [-0.2, -0.15) is 0 Å². The van der Waals surface area contributed by atoms with Crippen molar-refractivity contribution in [3.63, 3.8) is 0 Å². The minimum absolute atomic E-state index is 0. The fourth-order valence-electron chi connectivity index (χ4n) is 3.00. The van der Waals surface area contributed by atoms with E-state index in [4.69, 9.17) is 9.73 Å². The van der Waals surface area contributed by atoms with E-state index in [1.54, 1.807) is 13.8 Å². The summed E-state index contributed by atoms with van der Waals surface area (Å²) in [5, 5.41) is 3.30. The monoisotopic (exact) mass is 523 g/mol. The second kappa shape index (κ2) is 11.3. The van der Waals surface area contributed by atoms with Crippen molar-refractivity contribution >= 4 is 39.8 Å². The van der Waals surface area contributed by atoms with Gasteiger partial charge in [0.25, 0.3) is 0 Å². The van der Waals surface area contributed by atoms with Crippen molar-refractivity contribution in [1.29, 1.82) is 0 Å². The third kappa shape index (κ3) is 7.18. The Morgan fingerprint density at radius 3 is 2.61 bits per heavy atom. The molecule has 8 heteroatoms. The van der Waals surface area contributed by atoms with Crippen LogP contribution in [-0.2, 0) is 21.2 Å². The number of nitrogens with one attached hydrogen (secondary N) is 1. The second-order valence-corrected chi connectivity index (χ2v) is 10.5. The first-order chi connectivity index (χ1) is 12.7. The molecule has 160 valence electrons. The zero-order valence-corrected chi connectivity index (χ0v) is 20.5. The predicted octanol–water partition coefficient (Wildman–Crippen LogP) is 2.93. The maximum atomic E-state index is 12.2. The van der Waals surface area contributed by atoms with Crippen LogP contribution in [0.3, 0.4) is 0 Å². The Hall–Kier alpha value is -0.870. The number of nitrogens with zero attached hydrogens (tertiary/aromatic N) is 2. The molecule has 0 bridgehead atoms. The van der Waals surface area contributed by atoms with Gasteiger partial charge in [-0.3, -0.25) is 4.99 Å². The van der Waals surface area contributed by atoms with Gasteiger partial charge in [0, 0.05) is 26.2 Å². The van der Waals surface area contributed by atoms with Gasteiger partial charge in [0.15, 0.2) is 15.8 Å². The van der Waals surface area contributed by atoms with Gasteiger partial charge in [0.05, 0.1) is 23.7 Å². The van der Waals surface area contributed by atoms with Crippen molar-refractivity contribution in [3.8, 4) is 0 Å². The summed E-state index contributed by atoms with van der Waals surface area (Å²) in [5.74, 6) is 1.24. The lowest BCUT2D eigenvalue weighted by Crippen LogP contribution is -2.57. The average Bonchev–Trinajstić information content (AvgIpc) is 2.62. The molecule has 1 aromatic carbocycles. The van der Waals surface area contributed by atoms with Crippen molar-refractivity contribution in [1.82, 2.24) is 10.2 Å². The Bertz CT molecular complexity index is 723. The highest BCUT2D eigenvalue weighted by atomic mass is 127.